The summed E-state index contributed by atoms with van der Waals surface area (Å²) in [5, 5.41) is 7.88. The molecule has 0 amide bonds. The first-order valence-corrected chi connectivity index (χ1v) is 24.4. The number of aromatic nitrogens is 1. The minimum Gasteiger partial charge on any atom is -0.551 e. The van der Waals surface area contributed by atoms with Gasteiger partial charge in [0.1, 0.15) is 17.2 Å². The maximum atomic E-state index is 7.06. The first kappa shape index (κ1) is 37.4. The summed E-state index contributed by atoms with van der Waals surface area (Å²) in [6.07, 6.45) is 0. The van der Waals surface area contributed by atoms with Crippen molar-refractivity contribution in [1.29, 1.82) is 0 Å². The molecule has 13 rings (SSSR count). The summed E-state index contributed by atoms with van der Waals surface area (Å²) in [7, 11) is -2.85. The van der Waals surface area contributed by atoms with Crippen LogP contribution in [0.3, 0.4) is 0 Å². The Balaban J connectivity index is 0.992. The Labute approximate surface area is 379 Å². The van der Waals surface area contributed by atoms with Gasteiger partial charge >= 0.3 is 6.92 Å². The van der Waals surface area contributed by atoms with Gasteiger partial charge in [-0.25, -0.2) is 0 Å². The summed E-state index contributed by atoms with van der Waals surface area (Å²) < 4.78 is 16.3. The number of benzene rings is 10. The second-order valence-electron chi connectivity index (χ2n) is 17.1. The van der Waals surface area contributed by atoms with E-state index in [-0.39, 0.29) is 6.92 Å². The fourth-order valence-electron chi connectivity index (χ4n) is 10.8. The van der Waals surface area contributed by atoms with Gasteiger partial charge < -0.3 is 14.0 Å². The Morgan fingerprint density at radius 1 is 0.369 bits per heavy atom. The van der Waals surface area contributed by atoms with E-state index in [9.17, 15) is 0 Å². The predicted molar refractivity (Wildman–Crippen MR) is 273 cm³/mol. The third-order valence-corrected chi connectivity index (χ3v) is 18.5. The number of hydrogen-bond donors (Lipinski definition) is 0. The summed E-state index contributed by atoms with van der Waals surface area (Å²) in [6.45, 7) is -0.295. The van der Waals surface area contributed by atoms with Crippen molar-refractivity contribution in [2.45, 2.75) is 0 Å². The normalized spacial score (nSPS) is 12.5. The van der Waals surface area contributed by atoms with Crippen molar-refractivity contribution in [1.82, 2.24) is 4.57 Å². The van der Waals surface area contributed by atoms with Crippen LogP contribution in [0.1, 0.15) is 0 Å². The quantitative estimate of drug-likeness (QED) is 0.118. The van der Waals surface area contributed by atoms with Crippen LogP contribution in [0.5, 0.6) is 17.2 Å². The summed E-state index contributed by atoms with van der Waals surface area (Å²) in [5.74, 6) is 2.52. The molecule has 2 aliphatic rings. The number of rotatable bonds is 7. The lowest BCUT2D eigenvalue weighted by atomic mass is 9.50. The molecule has 10 aromatic carbocycles. The maximum Gasteiger partial charge on any atom is 0.434 e. The zero-order chi connectivity index (χ0) is 42.9. The number of fused-ring (bicyclic) bond motifs is 7. The molecule has 3 heterocycles. The Morgan fingerprint density at radius 3 is 1.57 bits per heavy atom. The smallest absolute Gasteiger partial charge is 0.434 e. The molecular formula is C60H40BNO2Si. The van der Waals surface area contributed by atoms with E-state index in [1.54, 1.807) is 0 Å². The minimum absolute atomic E-state index is 0.295. The van der Waals surface area contributed by atoms with E-state index in [4.69, 9.17) is 9.39 Å². The zero-order valence-corrected chi connectivity index (χ0v) is 36.4. The number of ether oxygens (including phenoxy) is 1. The van der Waals surface area contributed by atoms with Gasteiger partial charge in [-0.1, -0.05) is 188 Å². The summed E-state index contributed by atoms with van der Waals surface area (Å²) in [5.41, 5.74) is 12.4. The third kappa shape index (κ3) is 5.83. The standard InChI is InChI=1S/C60H40BNO2Si/c1-4-18-45(19-5-1)65(46-20-6-2-7-21-46,47-22-8-3-9-23-47)59-31-17-12-24-48(59)42-34-37-56-51(38-42)52-39-43(40-58-60(52)61(64-56)53-27-13-16-30-57(53)63-58)41-32-35-44(36-33-41)62-54-28-14-10-25-49(54)50-26-11-15-29-55(50)62/h1-40H. The summed E-state index contributed by atoms with van der Waals surface area (Å²) >= 11 is 0. The zero-order valence-electron chi connectivity index (χ0n) is 35.4. The molecule has 1 aromatic heterocycles. The minimum atomic E-state index is -2.85. The summed E-state index contributed by atoms with van der Waals surface area (Å²) in [4.78, 5) is 0. The Kier molecular flexibility index (Phi) is 8.65. The van der Waals surface area contributed by atoms with Crippen molar-refractivity contribution in [3.8, 4) is 56.3 Å². The Bertz CT molecular complexity index is 3460. The van der Waals surface area contributed by atoms with Gasteiger partial charge in [-0.05, 0) is 103 Å². The molecular weight excluding hydrogens is 806 g/mol. The second-order valence-corrected chi connectivity index (χ2v) is 20.9. The van der Waals surface area contributed by atoms with Crippen LogP contribution in [-0.4, -0.2) is 19.6 Å². The topological polar surface area (TPSA) is 23.4 Å². The van der Waals surface area contributed by atoms with Crippen LogP contribution < -0.4 is 41.1 Å². The first-order valence-electron chi connectivity index (χ1n) is 22.4. The van der Waals surface area contributed by atoms with Crippen LogP contribution in [0.25, 0.3) is 60.9 Å². The van der Waals surface area contributed by atoms with Gasteiger partial charge in [0.2, 0.25) is 0 Å². The average molecular weight is 846 g/mol. The molecule has 0 atom stereocenters. The van der Waals surface area contributed by atoms with E-state index in [1.807, 2.05) is 12.1 Å². The number of para-hydroxylation sites is 3. The second kappa shape index (κ2) is 15.0. The third-order valence-electron chi connectivity index (χ3n) is 13.6. The Hall–Kier alpha value is -8.12. The first-order chi connectivity index (χ1) is 32.2. The molecule has 0 aliphatic carbocycles. The van der Waals surface area contributed by atoms with Crippen LogP contribution in [0, 0.1) is 0 Å². The van der Waals surface area contributed by atoms with Gasteiger partial charge in [0, 0.05) is 32.9 Å². The molecule has 0 bridgehead atoms. The molecule has 65 heavy (non-hydrogen) atoms. The van der Waals surface area contributed by atoms with Crippen molar-refractivity contribution < 1.29 is 9.39 Å². The lowest BCUT2D eigenvalue weighted by Crippen LogP contribution is -2.75. The van der Waals surface area contributed by atoms with Crippen molar-refractivity contribution >= 4 is 68.5 Å². The van der Waals surface area contributed by atoms with Crippen LogP contribution in [0.2, 0.25) is 0 Å². The maximum absolute atomic E-state index is 7.06. The number of hydrogen-bond acceptors (Lipinski definition) is 2. The molecule has 0 spiro atoms. The lowest BCUT2D eigenvalue weighted by molar-refractivity contribution is 0.479. The Morgan fingerprint density at radius 2 is 0.908 bits per heavy atom. The fraction of sp³-hybridized carbons (Fsp3) is 0. The van der Waals surface area contributed by atoms with Gasteiger partial charge in [0.05, 0.1) is 11.0 Å². The molecule has 11 aromatic rings. The number of nitrogens with zero attached hydrogens (tertiary/aromatic N) is 1. The van der Waals surface area contributed by atoms with Crippen LogP contribution in [0.15, 0.2) is 243 Å². The summed E-state index contributed by atoms with van der Waals surface area (Å²) in [6, 6.07) is 88.5. The van der Waals surface area contributed by atoms with Crippen LogP contribution in [-0.2, 0) is 0 Å². The lowest BCUT2D eigenvalue weighted by Gasteiger charge is -2.36. The molecule has 3 nitrogen and oxygen atoms in total. The fourth-order valence-corrected chi connectivity index (χ4v) is 15.8. The van der Waals surface area contributed by atoms with E-state index in [2.05, 4.69) is 235 Å². The molecule has 0 fully saturated rings. The molecule has 304 valence electrons. The molecule has 0 saturated carbocycles. The van der Waals surface area contributed by atoms with Crippen molar-refractivity contribution in [3.05, 3.63) is 243 Å². The van der Waals surface area contributed by atoms with E-state index in [0.29, 0.717) is 0 Å². The van der Waals surface area contributed by atoms with Gasteiger partial charge in [-0.15, -0.1) is 0 Å². The highest BCUT2D eigenvalue weighted by molar-refractivity contribution is 7.20. The highest BCUT2D eigenvalue weighted by Crippen LogP contribution is 2.43. The monoisotopic (exact) mass is 845 g/mol. The van der Waals surface area contributed by atoms with Crippen LogP contribution >= 0.6 is 0 Å². The highest BCUT2D eigenvalue weighted by Gasteiger charge is 2.44. The predicted octanol–water partition coefficient (Wildman–Crippen LogP) is 10.8. The van der Waals surface area contributed by atoms with E-state index in [0.717, 1.165) is 61.7 Å². The van der Waals surface area contributed by atoms with E-state index >= 15 is 0 Å². The molecule has 5 heteroatoms. The van der Waals surface area contributed by atoms with E-state index in [1.165, 1.54) is 48.1 Å². The molecule has 0 radical (unpaired) electrons. The van der Waals surface area contributed by atoms with Crippen molar-refractivity contribution in [3.63, 3.8) is 0 Å². The van der Waals surface area contributed by atoms with E-state index < -0.39 is 8.07 Å². The van der Waals surface area contributed by atoms with Crippen LogP contribution in [0.4, 0.5) is 0 Å². The van der Waals surface area contributed by atoms with Gasteiger partial charge in [-0.3, -0.25) is 0 Å². The molecule has 2 aliphatic heterocycles. The molecule has 0 N–H and O–H groups in total. The van der Waals surface area contributed by atoms with Crippen molar-refractivity contribution in [2.75, 3.05) is 0 Å². The van der Waals surface area contributed by atoms with Crippen molar-refractivity contribution in [2.24, 2.45) is 0 Å². The largest absolute Gasteiger partial charge is 0.551 e. The van der Waals surface area contributed by atoms with Gasteiger partial charge in [-0.2, -0.15) is 0 Å². The highest BCUT2D eigenvalue weighted by atomic mass is 28.3. The van der Waals surface area contributed by atoms with Gasteiger partial charge in [0.15, 0.2) is 8.07 Å². The molecule has 0 unspecified atom stereocenters. The van der Waals surface area contributed by atoms with Gasteiger partial charge in [0.25, 0.3) is 0 Å². The molecule has 0 saturated heterocycles. The average Bonchev–Trinajstić information content (AvgIpc) is 3.72. The SMILES string of the molecule is c1ccc([Si](c2ccccc2)(c2ccccc2)c2ccccc2-c2ccc3c(c2)-c2cc(-c4ccc(-n5c6ccccc6c6ccccc65)cc4)cc4c2B(O3)c2ccccc2O4)cc1.